The molecule has 11 atom stereocenters. The summed E-state index contributed by atoms with van der Waals surface area (Å²) in [6.45, 7) is 7.21. The molecule has 518 valence electrons. The van der Waals surface area contributed by atoms with Crippen molar-refractivity contribution in [2.45, 2.75) is 222 Å². The zero-order valence-corrected chi connectivity index (χ0v) is 55.2. The van der Waals surface area contributed by atoms with Crippen molar-refractivity contribution >= 4 is 89.5 Å². The number of carboxylic acids is 2. The Kier molecular flexibility index (Phi) is 31.2. The maximum absolute atomic E-state index is 15.3. The first kappa shape index (κ1) is 76.6. The summed E-state index contributed by atoms with van der Waals surface area (Å²) < 4.78 is 0. The Morgan fingerprint density at radius 3 is 1.49 bits per heavy atom. The number of nitrogens with zero attached hydrogens (tertiary/aromatic N) is 1. The molecule has 2 aromatic carbocycles. The van der Waals surface area contributed by atoms with E-state index in [0.717, 1.165) is 64.2 Å². The summed E-state index contributed by atoms with van der Waals surface area (Å²) in [5.41, 5.74) is 18.0. The predicted octanol–water partition coefficient (Wildman–Crippen LogP) is 1.68. The first-order valence-corrected chi connectivity index (χ1v) is 33.6. The van der Waals surface area contributed by atoms with E-state index in [4.69, 9.17) is 17.2 Å². The molecule has 5 rings (SSSR count). The average Bonchev–Trinajstić information content (AvgIpc) is 1.04. The number of amides is 11. The summed E-state index contributed by atoms with van der Waals surface area (Å²) >= 11 is 4.49. The monoisotopic (exact) mass is 1330 g/mol. The Morgan fingerprint density at radius 2 is 1.00 bits per heavy atom. The maximum atomic E-state index is 15.3. The molecule has 16 N–H and O–H groups in total. The van der Waals surface area contributed by atoms with Crippen molar-refractivity contribution in [2.75, 3.05) is 12.3 Å². The van der Waals surface area contributed by atoms with Gasteiger partial charge in [-0.25, -0.2) is 0 Å². The van der Waals surface area contributed by atoms with Crippen molar-refractivity contribution in [1.29, 1.82) is 0 Å². The van der Waals surface area contributed by atoms with Crippen LogP contribution in [-0.2, 0) is 62.3 Å². The molecule has 0 aromatic heterocycles. The van der Waals surface area contributed by atoms with E-state index in [2.05, 4.69) is 55.2 Å². The smallest absolute Gasteiger partial charge is 0.305 e. The third-order valence-electron chi connectivity index (χ3n) is 17.9. The number of hydrogen-bond donors (Lipinski definition) is 14. The van der Waals surface area contributed by atoms with Crippen molar-refractivity contribution in [3.8, 4) is 0 Å². The highest BCUT2D eigenvalue weighted by Gasteiger charge is 2.43. The standard InChI is InChI=1S/C66H98N12O15S/c1-5-38(4)55(76-65(92)56(54(41-23-14-8-15-24-41)42-25-16-9-17-26-42)77-59(86)44(28-29-52(80)81)70-58(85)43(67)34-53(82)83)64(91)74-47(33-40-21-12-7-13-22-40)61(88)75-49(36-94)66(93)78-30-18-27-50(78)63(90)73-46(32-39-19-10-6-11-20-39)60(87)72-48(35-51(68)79)62(89)71-45(57(69)84)31-37(2)3/h8-9,14-17,23-26,37-40,43-50,54-56,94H,5-7,10-13,18-22,27-36,67H2,1-4H3,(H2,68,79)(H2,69,84)(H,70,85)(H,71,89)(H,72,87)(H,73,90)(H,74,91)(H,75,88)(H,76,92)(H,77,86)(H,80,81)(H,82,83)/t38-,43-,44-,45-,46-,47-,48-,49-,50-,55-,56-/m0/s1. The first-order valence-electron chi connectivity index (χ1n) is 32.9. The molecule has 0 radical (unpaired) electrons. The Bertz CT molecular complexity index is 2890. The number of carbonyl (C=O) groups is 13. The van der Waals surface area contributed by atoms with Crippen LogP contribution >= 0.6 is 12.6 Å². The number of rotatable bonds is 37. The van der Waals surface area contributed by atoms with Crippen LogP contribution in [0.5, 0.6) is 0 Å². The number of benzene rings is 2. The van der Waals surface area contributed by atoms with Gasteiger partial charge in [-0.2, -0.15) is 12.6 Å². The van der Waals surface area contributed by atoms with Crippen molar-refractivity contribution in [1.82, 2.24) is 47.4 Å². The largest absolute Gasteiger partial charge is 0.481 e. The minimum absolute atomic E-state index is 0.00236. The molecule has 28 heteroatoms. The van der Waals surface area contributed by atoms with Crippen molar-refractivity contribution < 1.29 is 72.5 Å². The van der Waals surface area contributed by atoms with Gasteiger partial charge in [-0.05, 0) is 73.3 Å². The fraction of sp³-hybridized carbons (Fsp3) is 0.621. The quantitative estimate of drug-likeness (QED) is 0.0428. The Labute approximate surface area is 554 Å². The van der Waals surface area contributed by atoms with E-state index in [1.54, 1.807) is 74.5 Å². The first-order chi connectivity index (χ1) is 44.7. The van der Waals surface area contributed by atoms with Gasteiger partial charge in [0, 0.05) is 24.6 Å². The van der Waals surface area contributed by atoms with E-state index >= 15 is 9.59 Å². The van der Waals surface area contributed by atoms with Crippen molar-refractivity contribution in [3.05, 3.63) is 71.8 Å². The summed E-state index contributed by atoms with van der Waals surface area (Å²) in [6, 6.07) is 3.36. The lowest BCUT2D eigenvalue weighted by molar-refractivity contribution is -0.142. The molecular formula is C66H98N12O15S. The zero-order chi connectivity index (χ0) is 69.2. The second-order valence-corrected chi connectivity index (χ2v) is 26.1. The molecule has 2 saturated carbocycles. The molecule has 3 aliphatic rings. The zero-order valence-electron chi connectivity index (χ0n) is 54.3. The summed E-state index contributed by atoms with van der Waals surface area (Å²) in [4.78, 5) is 179. The number of thiol groups is 1. The lowest BCUT2D eigenvalue weighted by Gasteiger charge is -2.34. The molecule has 2 aromatic rings. The third kappa shape index (κ3) is 24.0. The molecule has 0 bridgehead atoms. The highest BCUT2D eigenvalue weighted by molar-refractivity contribution is 7.80. The second-order valence-electron chi connectivity index (χ2n) is 25.7. The van der Waals surface area contributed by atoms with Crippen LogP contribution in [0.1, 0.15) is 173 Å². The van der Waals surface area contributed by atoms with Crippen LogP contribution in [-0.4, -0.2) is 165 Å². The molecular weight excluding hydrogens is 1230 g/mol. The van der Waals surface area contributed by atoms with E-state index in [9.17, 15) is 63.0 Å². The summed E-state index contributed by atoms with van der Waals surface area (Å²) in [5, 5.41) is 40.6. The SMILES string of the molecule is CC[C@H](C)[C@H](NC(=O)[C@@H](NC(=O)[C@H](CCC(=O)O)NC(=O)[C@@H](N)CC(=O)O)C(c1ccccc1)c1ccccc1)C(=O)N[C@@H](CC1CCCCC1)C(=O)N[C@@H](CS)C(=O)N1CCC[C@H]1C(=O)N[C@@H](CC1CCCCC1)C(=O)N[C@@H](CC(N)=O)C(=O)N[C@@H](CC(C)C)C(N)=O. The number of carbonyl (C=O) groups excluding carboxylic acids is 11. The predicted molar refractivity (Wildman–Crippen MR) is 350 cm³/mol. The van der Waals surface area contributed by atoms with Gasteiger partial charge in [0.1, 0.15) is 54.4 Å². The number of nitrogens with two attached hydrogens (primary N) is 3. The second kappa shape index (κ2) is 38.3. The van der Waals surface area contributed by atoms with Gasteiger partial charge in [-0.3, -0.25) is 62.3 Å². The Balaban J connectivity index is 1.42. The van der Waals surface area contributed by atoms with Crippen LogP contribution in [0.3, 0.4) is 0 Å². The molecule has 1 aliphatic heterocycles. The fourth-order valence-electron chi connectivity index (χ4n) is 12.6. The van der Waals surface area contributed by atoms with E-state index in [-0.39, 0.29) is 55.7 Å². The van der Waals surface area contributed by atoms with Gasteiger partial charge in [-0.1, -0.05) is 159 Å². The van der Waals surface area contributed by atoms with Gasteiger partial charge in [0.05, 0.1) is 18.9 Å². The van der Waals surface area contributed by atoms with Crippen molar-refractivity contribution in [2.24, 2.45) is 40.9 Å². The summed E-state index contributed by atoms with van der Waals surface area (Å²) in [7, 11) is 0. The lowest BCUT2D eigenvalue weighted by atomic mass is 9.83. The number of aliphatic carboxylic acids is 2. The summed E-state index contributed by atoms with van der Waals surface area (Å²) in [6.07, 6.45) is 7.22. The highest BCUT2D eigenvalue weighted by Crippen LogP contribution is 2.32. The molecule has 11 amide bonds. The van der Waals surface area contributed by atoms with Crippen LogP contribution in [0.4, 0.5) is 0 Å². The van der Waals surface area contributed by atoms with Crippen LogP contribution in [0.25, 0.3) is 0 Å². The van der Waals surface area contributed by atoms with Crippen molar-refractivity contribution in [3.63, 3.8) is 0 Å². The molecule has 2 aliphatic carbocycles. The number of hydrogen-bond acceptors (Lipinski definition) is 15. The Hall–Kier alpha value is -8.14. The van der Waals surface area contributed by atoms with Crippen LogP contribution in [0.15, 0.2) is 60.7 Å². The van der Waals surface area contributed by atoms with Gasteiger partial charge < -0.3 is 74.8 Å². The maximum Gasteiger partial charge on any atom is 0.305 e. The fourth-order valence-corrected chi connectivity index (χ4v) is 12.9. The minimum atomic E-state index is -1.64. The van der Waals surface area contributed by atoms with E-state index < -0.39 is 175 Å². The number of primary amides is 2. The molecule has 0 unspecified atom stereocenters. The number of likely N-dealkylation sites (tertiary alicyclic amines) is 1. The third-order valence-corrected chi connectivity index (χ3v) is 18.3. The molecule has 1 heterocycles. The highest BCUT2D eigenvalue weighted by atomic mass is 32.1. The van der Waals surface area contributed by atoms with Gasteiger partial charge in [-0.15, -0.1) is 0 Å². The average molecular weight is 1330 g/mol. The van der Waals surface area contributed by atoms with Gasteiger partial charge in [0.2, 0.25) is 65.0 Å². The van der Waals surface area contributed by atoms with Gasteiger partial charge >= 0.3 is 11.9 Å². The number of nitrogens with one attached hydrogen (secondary N) is 8. The van der Waals surface area contributed by atoms with Crippen LogP contribution < -0.4 is 59.7 Å². The van der Waals surface area contributed by atoms with Gasteiger partial charge in [0.15, 0.2) is 0 Å². The van der Waals surface area contributed by atoms with E-state index in [1.165, 1.54) is 4.90 Å². The van der Waals surface area contributed by atoms with Gasteiger partial charge in [0.25, 0.3) is 0 Å². The Morgan fingerprint density at radius 1 is 0.532 bits per heavy atom. The van der Waals surface area contributed by atoms with E-state index in [0.29, 0.717) is 24.0 Å². The number of carboxylic acid groups (broad SMARTS) is 2. The van der Waals surface area contributed by atoms with E-state index in [1.807, 2.05) is 13.8 Å². The molecule has 0 spiro atoms. The van der Waals surface area contributed by atoms with Crippen LogP contribution in [0, 0.1) is 23.7 Å². The molecule has 1 saturated heterocycles. The normalized spacial score (nSPS) is 18.4. The summed E-state index contributed by atoms with van der Waals surface area (Å²) in [5.74, 6) is -14.0. The van der Waals surface area contributed by atoms with Crippen LogP contribution in [0.2, 0.25) is 0 Å². The molecule has 94 heavy (non-hydrogen) atoms. The topological polar surface area (TPSA) is 440 Å². The minimum Gasteiger partial charge on any atom is -0.481 e. The lowest BCUT2D eigenvalue weighted by Crippen LogP contribution is -2.62. The molecule has 3 fully saturated rings. The molecule has 27 nitrogen and oxygen atoms in total.